The van der Waals surface area contributed by atoms with Crippen LogP contribution in [0.1, 0.15) is 18.9 Å². The van der Waals surface area contributed by atoms with Crippen molar-refractivity contribution in [1.82, 2.24) is 10.3 Å². The largest absolute Gasteiger partial charge is 0.454 e. The Morgan fingerprint density at radius 1 is 1.30 bits per heavy atom. The maximum absolute atomic E-state index is 13.8. The molecule has 2 aromatic rings. The van der Waals surface area contributed by atoms with E-state index < -0.39 is 5.82 Å². The second-order valence-corrected chi connectivity index (χ2v) is 5.25. The molecule has 0 saturated heterocycles. The van der Waals surface area contributed by atoms with Gasteiger partial charge in [0.05, 0.1) is 0 Å². The zero-order valence-corrected chi connectivity index (χ0v) is 12.8. The van der Waals surface area contributed by atoms with Crippen LogP contribution in [-0.2, 0) is 6.54 Å². The molecule has 0 fully saturated rings. The van der Waals surface area contributed by atoms with E-state index >= 15 is 0 Å². The number of aromatic nitrogens is 1. The Labute approximate surface area is 126 Å². The van der Waals surface area contributed by atoms with Gasteiger partial charge < -0.3 is 10.1 Å². The first-order valence-electron chi connectivity index (χ1n) is 6.47. The van der Waals surface area contributed by atoms with Crippen molar-refractivity contribution in [3.8, 4) is 11.5 Å². The third-order valence-corrected chi connectivity index (χ3v) is 3.21. The zero-order valence-electron chi connectivity index (χ0n) is 11.2. The van der Waals surface area contributed by atoms with Gasteiger partial charge in [0.1, 0.15) is 5.75 Å². The molecule has 0 bridgehead atoms. The summed E-state index contributed by atoms with van der Waals surface area (Å²) in [6.07, 6.45) is 4.42. The molecule has 0 atom stereocenters. The highest BCUT2D eigenvalue weighted by molar-refractivity contribution is 9.10. The van der Waals surface area contributed by atoms with Crippen LogP contribution in [0.5, 0.6) is 11.5 Å². The lowest BCUT2D eigenvalue weighted by molar-refractivity contribution is 0.434. The van der Waals surface area contributed by atoms with Crippen LogP contribution in [0.2, 0.25) is 0 Å². The van der Waals surface area contributed by atoms with E-state index in [9.17, 15) is 4.39 Å². The van der Waals surface area contributed by atoms with Gasteiger partial charge in [-0.15, -0.1) is 0 Å². The number of hydrogen-bond donors (Lipinski definition) is 1. The highest BCUT2D eigenvalue weighted by atomic mass is 79.9. The van der Waals surface area contributed by atoms with Gasteiger partial charge in [0, 0.05) is 29.0 Å². The van der Waals surface area contributed by atoms with Crippen molar-refractivity contribution in [2.75, 3.05) is 6.54 Å². The maximum atomic E-state index is 13.8. The van der Waals surface area contributed by atoms with Crippen molar-refractivity contribution < 1.29 is 9.13 Å². The van der Waals surface area contributed by atoms with Gasteiger partial charge in [-0.1, -0.05) is 22.9 Å². The van der Waals surface area contributed by atoms with Gasteiger partial charge in [0.15, 0.2) is 11.6 Å². The monoisotopic (exact) mass is 338 g/mol. The molecule has 5 heteroatoms. The molecule has 0 unspecified atom stereocenters. The van der Waals surface area contributed by atoms with E-state index in [0.29, 0.717) is 16.8 Å². The first kappa shape index (κ1) is 14.9. The number of rotatable bonds is 6. The lowest BCUT2D eigenvalue weighted by Crippen LogP contribution is -2.14. The molecule has 0 aliphatic carbocycles. The SMILES string of the molecule is CCCNCc1cnccc1Oc1ccc(Br)cc1F. The summed E-state index contributed by atoms with van der Waals surface area (Å²) in [5, 5.41) is 3.28. The van der Waals surface area contributed by atoms with Gasteiger partial charge in [-0.3, -0.25) is 4.98 Å². The van der Waals surface area contributed by atoms with Gasteiger partial charge >= 0.3 is 0 Å². The Kier molecular flexibility index (Phi) is 5.49. The zero-order chi connectivity index (χ0) is 14.4. The lowest BCUT2D eigenvalue weighted by Gasteiger charge is -2.12. The highest BCUT2D eigenvalue weighted by Gasteiger charge is 2.09. The summed E-state index contributed by atoms with van der Waals surface area (Å²) < 4.78 is 20.1. The van der Waals surface area contributed by atoms with E-state index in [1.54, 1.807) is 30.6 Å². The summed E-state index contributed by atoms with van der Waals surface area (Å²) in [5.74, 6) is 0.421. The average molecular weight is 339 g/mol. The average Bonchev–Trinajstić information content (AvgIpc) is 2.44. The molecule has 0 aliphatic heterocycles. The molecule has 0 spiro atoms. The Balaban J connectivity index is 2.16. The summed E-state index contributed by atoms with van der Waals surface area (Å²) in [6.45, 7) is 3.67. The molecule has 0 aliphatic rings. The van der Waals surface area contributed by atoms with E-state index in [1.165, 1.54) is 6.07 Å². The number of nitrogens with zero attached hydrogens (tertiary/aromatic N) is 1. The van der Waals surface area contributed by atoms with Crippen LogP contribution in [0, 0.1) is 5.82 Å². The first-order valence-corrected chi connectivity index (χ1v) is 7.26. The number of hydrogen-bond acceptors (Lipinski definition) is 3. The van der Waals surface area contributed by atoms with Crippen molar-refractivity contribution in [3.63, 3.8) is 0 Å². The quantitative estimate of drug-likeness (QED) is 0.798. The topological polar surface area (TPSA) is 34.2 Å². The van der Waals surface area contributed by atoms with Crippen LogP contribution >= 0.6 is 15.9 Å². The molecular weight excluding hydrogens is 323 g/mol. The van der Waals surface area contributed by atoms with Crippen LogP contribution in [0.4, 0.5) is 4.39 Å². The Bertz CT molecular complexity index is 578. The minimum absolute atomic E-state index is 0.205. The fourth-order valence-electron chi connectivity index (χ4n) is 1.72. The Morgan fingerprint density at radius 3 is 2.90 bits per heavy atom. The summed E-state index contributed by atoms with van der Waals surface area (Å²) >= 11 is 3.22. The smallest absolute Gasteiger partial charge is 0.166 e. The van der Waals surface area contributed by atoms with E-state index in [0.717, 1.165) is 18.5 Å². The van der Waals surface area contributed by atoms with Crippen molar-refractivity contribution in [1.29, 1.82) is 0 Å². The molecular formula is C15H16BrFN2O. The second kappa shape index (κ2) is 7.36. The third-order valence-electron chi connectivity index (χ3n) is 2.71. The molecule has 106 valence electrons. The summed E-state index contributed by atoms with van der Waals surface area (Å²) in [6, 6.07) is 6.47. The maximum Gasteiger partial charge on any atom is 0.166 e. The van der Waals surface area contributed by atoms with Gasteiger partial charge in [-0.05, 0) is 37.2 Å². The molecule has 3 nitrogen and oxygen atoms in total. The number of ether oxygens (including phenoxy) is 1. The van der Waals surface area contributed by atoms with Gasteiger partial charge in [0.2, 0.25) is 0 Å². The minimum atomic E-state index is -0.399. The summed E-state index contributed by atoms with van der Waals surface area (Å²) in [5.41, 5.74) is 0.906. The fraction of sp³-hybridized carbons (Fsp3) is 0.267. The molecule has 1 aromatic heterocycles. The molecule has 0 amide bonds. The molecule has 2 rings (SSSR count). The third kappa shape index (κ3) is 4.02. The molecule has 1 heterocycles. The standard InChI is InChI=1S/C15H16BrFN2O/c1-2-6-18-9-11-10-19-7-5-14(11)20-15-4-3-12(16)8-13(15)17/h3-5,7-8,10,18H,2,6,9H2,1H3. The first-order chi connectivity index (χ1) is 9.70. The fourth-order valence-corrected chi connectivity index (χ4v) is 2.06. The van der Waals surface area contributed by atoms with Crippen LogP contribution in [0.3, 0.4) is 0 Å². The van der Waals surface area contributed by atoms with Gasteiger partial charge in [-0.2, -0.15) is 0 Å². The Morgan fingerprint density at radius 2 is 2.15 bits per heavy atom. The van der Waals surface area contributed by atoms with Crippen molar-refractivity contribution >= 4 is 15.9 Å². The summed E-state index contributed by atoms with van der Waals surface area (Å²) in [4.78, 5) is 4.08. The lowest BCUT2D eigenvalue weighted by atomic mass is 10.2. The van der Waals surface area contributed by atoms with Crippen molar-refractivity contribution in [3.05, 3.63) is 52.5 Å². The van der Waals surface area contributed by atoms with Gasteiger partial charge in [0.25, 0.3) is 0 Å². The Hall–Kier alpha value is -1.46. The predicted molar refractivity (Wildman–Crippen MR) is 80.4 cm³/mol. The van der Waals surface area contributed by atoms with Crippen LogP contribution in [0.15, 0.2) is 41.1 Å². The summed E-state index contributed by atoms with van der Waals surface area (Å²) in [7, 11) is 0. The molecule has 20 heavy (non-hydrogen) atoms. The van der Waals surface area contributed by atoms with Crippen LogP contribution in [0.25, 0.3) is 0 Å². The van der Waals surface area contributed by atoms with E-state index in [-0.39, 0.29) is 5.75 Å². The number of nitrogens with one attached hydrogen (secondary N) is 1. The van der Waals surface area contributed by atoms with Crippen molar-refractivity contribution in [2.45, 2.75) is 19.9 Å². The van der Waals surface area contributed by atoms with E-state index in [1.807, 2.05) is 0 Å². The molecule has 1 N–H and O–H groups in total. The van der Waals surface area contributed by atoms with Crippen LogP contribution < -0.4 is 10.1 Å². The van der Waals surface area contributed by atoms with Crippen molar-refractivity contribution in [2.24, 2.45) is 0 Å². The van der Waals surface area contributed by atoms with Gasteiger partial charge in [-0.25, -0.2) is 4.39 Å². The predicted octanol–water partition coefficient (Wildman–Crippen LogP) is 4.28. The molecule has 0 radical (unpaired) electrons. The van der Waals surface area contributed by atoms with E-state index in [4.69, 9.17) is 4.74 Å². The van der Waals surface area contributed by atoms with Crippen LogP contribution in [-0.4, -0.2) is 11.5 Å². The molecule has 1 aromatic carbocycles. The molecule has 0 saturated carbocycles. The second-order valence-electron chi connectivity index (χ2n) is 4.34. The number of pyridine rings is 1. The highest BCUT2D eigenvalue weighted by Crippen LogP contribution is 2.28. The number of benzene rings is 1. The number of halogens is 2. The van der Waals surface area contributed by atoms with E-state index in [2.05, 4.69) is 33.2 Å². The minimum Gasteiger partial charge on any atom is -0.454 e. The normalized spacial score (nSPS) is 10.6.